The van der Waals surface area contributed by atoms with Crippen molar-refractivity contribution in [3.05, 3.63) is 150 Å². The molecule has 0 fully saturated rings. The summed E-state index contributed by atoms with van der Waals surface area (Å²) in [5, 5.41) is 2.11. The lowest BCUT2D eigenvalue weighted by atomic mass is 9.99. The van der Waals surface area contributed by atoms with Gasteiger partial charge in [-0.3, -0.25) is 0 Å². The van der Waals surface area contributed by atoms with E-state index in [2.05, 4.69) is 125 Å². The van der Waals surface area contributed by atoms with E-state index >= 15 is 0 Å². The van der Waals surface area contributed by atoms with Crippen LogP contribution in [0.15, 0.2) is 132 Å². The summed E-state index contributed by atoms with van der Waals surface area (Å²) in [7, 11) is 0. The summed E-state index contributed by atoms with van der Waals surface area (Å²) in [5.41, 5.74) is 14.0. The molecular formula is C43H33N3O. The number of fused-ring (bicyclic) bond motifs is 3. The first-order valence-electron chi connectivity index (χ1n) is 15.9. The third-order valence-electron chi connectivity index (χ3n) is 8.68. The first kappa shape index (κ1) is 28.6. The van der Waals surface area contributed by atoms with E-state index in [4.69, 9.17) is 19.4 Å². The van der Waals surface area contributed by atoms with Crippen molar-refractivity contribution in [3.8, 4) is 56.4 Å². The number of hydrogen-bond donors (Lipinski definition) is 0. The molecule has 8 rings (SSSR count). The first-order chi connectivity index (χ1) is 22.9. The molecule has 4 nitrogen and oxygen atoms in total. The summed E-state index contributed by atoms with van der Waals surface area (Å²) in [6, 6.07) is 44.5. The standard InChI is InChI=1S/C43H33N3O/c1-26-20-27(2)23-34(22-26)30-12-16-32(17-13-30)41-44-42(33-18-14-31(15-19-33)35-24-28(3)21-29(4)25-35)46-43(45-41)38-10-7-9-37-36-8-5-6-11-39(36)47-40(37)38/h5-25H,1-4H3. The van der Waals surface area contributed by atoms with Crippen molar-refractivity contribution >= 4 is 21.9 Å². The number of para-hydroxylation sites is 2. The molecule has 0 aliphatic rings. The van der Waals surface area contributed by atoms with Crippen LogP contribution in [-0.4, -0.2) is 15.0 Å². The molecule has 0 radical (unpaired) electrons. The van der Waals surface area contributed by atoms with E-state index in [1.165, 1.54) is 33.4 Å². The Hall–Kier alpha value is -5.87. The highest BCUT2D eigenvalue weighted by Gasteiger charge is 2.18. The van der Waals surface area contributed by atoms with Crippen LogP contribution in [-0.2, 0) is 0 Å². The summed E-state index contributed by atoms with van der Waals surface area (Å²) in [5.74, 6) is 1.80. The fraction of sp³-hybridized carbons (Fsp3) is 0.0930. The Balaban J connectivity index is 1.26. The van der Waals surface area contributed by atoms with Gasteiger partial charge in [0.1, 0.15) is 11.2 Å². The minimum Gasteiger partial charge on any atom is -0.455 e. The van der Waals surface area contributed by atoms with Gasteiger partial charge in [0.15, 0.2) is 17.5 Å². The lowest BCUT2D eigenvalue weighted by Crippen LogP contribution is -2.00. The Morgan fingerprint density at radius 1 is 0.383 bits per heavy atom. The largest absolute Gasteiger partial charge is 0.455 e. The second kappa shape index (κ2) is 11.5. The van der Waals surface area contributed by atoms with Gasteiger partial charge in [-0.2, -0.15) is 0 Å². The molecule has 6 aromatic carbocycles. The molecule has 0 aliphatic heterocycles. The second-order valence-electron chi connectivity index (χ2n) is 12.5. The maximum absolute atomic E-state index is 6.40. The van der Waals surface area contributed by atoms with Crippen molar-refractivity contribution in [2.75, 3.05) is 0 Å². The highest BCUT2D eigenvalue weighted by atomic mass is 16.3. The smallest absolute Gasteiger partial charge is 0.167 e. The van der Waals surface area contributed by atoms with Crippen molar-refractivity contribution < 1.29 is 4.42 Å². The number of rotatable bonds is 5. The monoisotopic (exact) mass is 607 g/mol. The molecule has 226 valence electrons. The summed E-state index contributed by atoms with van der Waals surface area (Å²) in [6.45, 7) is 8.54. The number of furan rings is 1. The van der Waals surface area contributed by atoms with E-state index in [9.17, 15) is 0 Å². The zero-order chi connectivity index (χ0) is 32.1. The number of aromatic nitrogens is 3. The Bertz CT molecular complexity index is 2280. The minimum absolute atomic E-state index is 0.575. The van der Waals surface area contributed by atoms with E-state index in [1.807, 2.05) is 30.3 Å². The highest BCUT2D eigenvalue weighted by Crippen LogP contribution is 2.36. The average molecular weight is 608 g/mol. The maximum atomic E-state index is 6.40. The predicted octanol–water partition coefficient (Wildman–Crippen LogP) is 11.3. The van der Waals surface area contributed by atoms with Gasteiger partial charge in [-0.05, 0) is 62.1 Å². The molecular weight excluding hydrogens is 574 g/mol. The second-order valence-corrected chi connectivity index (χ2v) is 12.5. The van der Waals surface area contributed by atoms with E-state index in [-0.39, 0.29) is 0 Å². The van der Waals surface area contributed by atoms with Crippen LogP contribution in [0.4, 0.5) is 0 Å². The van der Waals surface area contributed by atoms with Crippen molar-refractivity contribution in [3.63, 3.8) is 0 Å². The molecule has 47 heavy (non-hydrogen) atoms. The van der Waals surface area contributed by atoms with Crippen LogP contribution in [0.25, 0.3) is 78.4 Å². The third kappa shape index (κ3) is 5.49. The Morgan fingerprint density at radius 2 is 0.830 bits per heavy atom. The topological polar surface area (TPSA) is 51.8 Å². The van der Waals surface area contributed by atoms with Gasteiger partial charge in [-0.25, -0.2) is 15.0 Å². The van der Waals surface area contributed by atoms with E-state index < -0.39 is 0 Å². The zero-order valence-corrected chi connectivity index (χ0v) is 26.9. The minimum atomic E-state index is 0.575. The Labute approximate surface area is 274 Å². The van der Waals surface area contributed by atoms with Crippen LogP contribution < -0.4 is 0 Å². The lowest BCUT2D eigenvalue weighted by molar-refractivity contribution is 0.669. The molecule has 8 aromatic rings. The number of aryl methyl sites for hydroxylation is 4. The van der Waals surface area contributed by atoms with E-state index in [0.29, 0.717) is 17.5 Å². The normalized spacial score (nSPS) is 11.4. The van der Waals surface area contributed by atoms with Crippen molar-refractivity contribution in [2.24, 2.45) is 0 Å². The molecule has 0 aliphatic carbocycles. The average Bonchev–Trinajstić information content (AvgIpc) is 3.46. The van der Waals surface area contributed by atoms with Gasteiger partial charge in [-0.15, -0.1) is 0 Å². The van der Waals surface area contributed by atoms with Crippen LogP contribution in [0.2, 0.25) is 0 Å². The quantitative estimate of drug-likeness (QED) is 0.195. The fourth-order valence-electron chi connectivity index (χ4n) is 6.58. The lowest BCUT2D eigenvalue weighted by Gasteiger charge is -2.11. The summed E-state index contributed by atoms with van der Waals surface area (Å²) in [4.78, 5) is 15.1. The summed E-state index contributed by atoms with van der Waals surface area (Å²) >= 11 is 0. The Kier molecular flexibility index (Phi) is 6.99. The van der Waals surface area contributed by atoms with Gasteiger partial charge < -0.3 is 4.42 Å². The molecule has 0 unspecified atom stereocenters. The van der Waals surface area contributed by atoms with Gasteiger partial charge in [-0.1, -0.05) is 138 Å². The molecule has 0 spiro atoms. The van der Waals surface area contributed by atoms with Crippen LogP contribution in [0.5, 0.6) is 0 Å². The van der Waals surface area contributed by atoms with E-state index in [1.54, 1.807) is 0 Å². The molecule has 0 N–H and O–H groups in total. The van der Waals surface area contributed by atoms with Crippen molar-refractivity contribution in [1.29, 1.82) is 0 Å². The number of nitrogens with zero attached hydrogens (tertiary/aromatic N) is 3. The molecule has 0 atom stereocenters. The van der Waals surface area contributed by atoms with Crippen LogP contribution in [0.3, 0.4) is 0 Å². The molecule has 0 saturated heterocycles. The van der Waals surface area contributed by atoms with Gasteiger partial charge in [0, 0.05) is 21.9 Å². The molecule has 2 aromatic heterocycles. The zero-order valence-electron chi connectivity index (χ0n) is 26.9. The van der Waals surface area contributed by atoms with Crippen molar-refractivity contribution in [2.45, 2.75) is 27.7 Å². The number of hydrogen-bond acceptors (Lipinski definition) is 4. The molecule has 0 bridgehead atoms. The highest BCUT2D eigenvalue weighted by molar-refractivity contribution is 6.09. The molecule has 2 heterocycles. The van der Waals surface area contributed by atoms with E-state index in [0.717, 1.165) is 49.8 Å². The van der Waals surface area contributed by atoms with Gasteiger partial charge in [0.05, 0.1) is 5.56 Å². The summed E-state index contributed by atoms with van der Waals surface area (Å²) in [6.07, 6.45) is 0. The van der Waals surface area contributed by atoms with Crippen LogP contribution in [0.1, 0.15) is 22.3 Å². The molecule has 0 amide bonds. The van der Waals surface area contributed by atoms with Gasteiger partial charge >= 0.3 is 0 Å². The third-order valence-corrected chi connectivity index (χ3v) is 8.68. The Morgan fingerprint density at radius 3 is 1.36 bits per heavy atom. The first-order valence-corrected chi connectivity index (χ1v) is 15.9. The maximum Gasteiger partial charge on any atom is 0.167 e. The van der Waals surface area contributed by atoms with Gasteiger partial charge in [0.2, 0.25) is 0 Å². The fourth-order valence-corrected chi connectivity index (χ4v) is 6.58. The van der Waals surface area contributed by atoms with Crippen LogP contribution >= 0.6 is 0 Å². The predicted molar refractivity (Wildman–Crippen MR) is 193 cm³/mol. The molecule has 4 heteroatoms. The van der Waals surface area contributed by atoms with Crippen LogP contribution in [0, 0.1) is 27.7 Å². The summed E-state index contributed by atoms with van der Waals surface area (Å²) < 4.78 is 6.40. The van der Waals surface area contributed by atoms with Crippen molar-refractivity contribution in [1.82, 2.24) is 15.0 Å². The molecule has 0 saturated carbocycles. The number of benzene rings is 6. The SMILES string of the molecule is Cc1cc(C)cc(-c2ccc(-c3nc(-c4ccc(-c5cc(C)cc(C)c5)cc4)nc(-c4cccc5c4oc4ccccc45)n3)cc2)c1. The van der Waals surface area contributed by atoms with Gasteiger partial charge in [0.25, 0.3) is 0 Å².